The number of ketones is 1. The zero-order chi connectivity index (χ0) is 8.69. The van der Waals surface area contributed by atoms with Gasteiger partial charge in [-0.2, -0.15) is 0 Å². The molecule has 0 bridgehead atoms. The minimum Gasteiger partial charge on any atom is -0.300 e. The van der Waals surface area contributed by atoms with Crippen molar-refractivity contribution in [1.82, 2.24) is 0 Å². The summed E-state index contributed by atoms with van der Waals surface area (Å²) < 4.78 is 0. The van der Waals surface area contributed by atoms with Gasteiger partial charge in [0.05, 0.1) is 0 Å². The van der Waals surface area contributed by atoms with E-state index in [2.05, 4.69) is 13.8 Å². The lowest BCUT2D eigenvalue weighted by atomic mass is 10.0. The van der Waals surface area contributed by atoms with E-state index < -0.39 is 0 Å². The van der Waals surface area contributed by atoms with Crippen LogP contribution < -0.4 is 0 Å². The van der Waals surface area contributed by atoms with E-state index in [1.807, 2.05) is 0 Å². The Labute approximate surface area is 70.2 Å². The molecular weight excluding hydrogens is 136 g/mol. The maximum absolute atomic E-state index is 10.6. The van der Waals surface area contributed by atoms with Gasteiger partial charge in [-0.1, -0.05) is 33.1 Å². The first-order valence-electron chi connectivity index (χ1n) is 4.72. The Morgan fingerprint density at radius 3 is 1.82 bits per heavy atom. The lowest BCUT2D eigenvalue weighted by Crippen LogP contribution is -2.04. The quantitative estimate of drug-likeness (QED) is 0.570. The van der Waals surface area contributed by atoms with Crippen LogP contribution in [0.25, 0.3) is 0 Å². The van der Waals surface area contributed by atoms with Gasteiger partial charge in [0.15, 0.2) is 0 Å². The SMILES string of the molecule is CC(=O)C1CCCC1.CCC. The predicted octanol–water partition coefficient (Wildman–Crippen LogP) is 3.18. The van der Waals surface area contributed by atoms with Crippen molar-refractivity contribution in [1.29, 1.82) is 0 Å². The summed E-state index contributed by atoms with van der Waals surface area (Å²) in [4.78, 5) is 10.6. The van der Waals surface area contributed by atoms with E-state index in [9.17, 15) is 4.79 Å². The maximum atomic E-state index is 10.6. The largest absolute Gasteiger partial charge is 0.300 e. The van der Waals surface area contributed by atoms with Crippen molar-refractivity contribution in [2.75, 3.05) is 0 Å². The fourth-order valence-electron chi connectivity index (χ4n) is 1.33. The van der Waals surface area contributed by atoms with E-state index in [4.69, 9.17) is 0 Å². The van der Waals surface area contributed by atoms with E-state index in [1.54, 1.807) is 6.92 Å². The fraction of sp³-hybridized carbons (Fsp3) is 0.900. The molecular formula is C10H20O. The van der Waals surface area contributed by atoms with Gasteiger partial charge in [-0.25, -0.2) is 0 Å². The van der Waals surface area contributed by atoms with Gasteiger partial charge in [0.25, 0.3) is 0 Å². The molecule has 1 aliphatic rings. The molecule has 0 atom stereocenters. The van der Waals surface area contributed by atoms with Crippen LogP contribution in [-0.2, 0) is 4.79 Å². The number of rotatable bonds is 1. The third-order valence-corrected chi connectivity index (χ3v) is 1.93. The van der Waals surface area contributed by atoms with E-state index in [0.717, 1.165) is 12.8 Å². The normalized spacial score (nSPS) is 17.4. The van der Waals surface area contributed by atoms with Crippen molar-refractivity contribution in [2.45, 2.75) is 52.9 Å². The van der Waals surface area contributed by atoms with Crippen LogP contribution in [-0.4, -0.2) is 5.78 Å². The van der Waals surface area contributed by atoms with Crippen molar-refractivity contribution in [3.8, 4) is 0 Å². The molecule has 0 N–H and O–H groups in total. The second-order valence-electron chi connectivity index (χ2n) is 3.30. The molecule has 0 aromatic carbocycles. The molecule has 0 spiro atoms. The van der Waals surface area contributed by atoms with Gasteiger partial charge in [-0.3, -0.25) is 4.79 Å². The standard InChI is InChI=1S/C7H12O.C3H8/c1-6(8)7-4-2-3-5-7;1-3-2/h7H,2-5H2,1H3;3H2,1-2H3. The number of Topliss-reactive ketones (excluding diaryl/α,β-unsaturated/α-hetero) is 1. The van der Waals surface area contributed by atoms with Crippen molar-refractivity contribution in [2.24, 2.45) is 5.92 Å². The maximum Gasteiger partial charge on any atom is 0.132 e. The van der Waals surface area contributed by atoms with E-state index in [0.29, 0.717) is 11.7 Å². The molecule has 0 unspecified atom stereocenters. The minimum absolute atomic E-state index is 0.391. The van der Waals surface area contributed by atoms with Gasteiger partial charge in [-0.05, 0) is 19.8 Å². The summed E-state index contributed by atoms with van der Waals surface area (Å²) >= 11 is 0. The first-order valence-corrected chi connectivity index (χ1v) is 4.72. The van der Waals surface area contributed by atoms with Crippen LogP contribution in [0.4, 0.5) is 0 Å². The highest BCUT2D eigenvalue weighted by Crippen LogP contribution is 2.24. The average Bonchev–Trinajstić information content (AvgIpc) is 2.38. The molecule has 66 valence electrons. The fourth-order valence-corrected chi connectivity index (χ4v) is 1.33. The average molecular weight is 156 g/mol. The molecule has 0 aromatic rings. The predicted molar refractivity (Wildman–Crippen MR) is 48.6 cm³/mol. The Hall–Kier alpha value is -0.330. The van der Waals surface area contributed by atoms with Crippen LogP contribution >= 0.6 is 0 Å². The van der Waals surface area contributed by atoms with Crippen LogP contribution in [0.15, 0.2) is 0 Å². The third kappa shape index (κ3) is 5.00. The molecule has 1 saturated carbocycles. The lowest BCUT2D eigenvalue weighted by Gasteiger charge is -1.99. The van der Waals surface area contributed by atoms with Crippen molar-refractivity contribution >= 4 is 5.78 Å². The third-order valence-electron chi connectivity index (χ3n) is 1.93. The Balaban J connectivity index is 0.000000292. The van der Waals surface area contributed by atoms with Crippen LogP contribution in [0.3, 0.4) is 0 Å². The molecule has 0 radical (unpaired) electrons. The van der Waals surface area contributed by atoms with Gasteiger partial charge >= 0.3 is 0 Å². The molecule has 1 nitrogen and oxygen atoms in total. The smallest absolute Gasteiger partial charge is 0.132 e. The molecule has 0 aromatic heterocycles. The Kier molecular flexibility index (Phi) is 6.19. The van der Waals surface area contributed by atoms with Crippen molar-refractivity contribution in [3.05, 3.63) is 0 Å². The topological polar surface area (TPSA) is 17.1 Å². The van der Waals surface area contributed by atoms with Gasteiger partial charge < -0.3 is 0 Å². The van der Waals surface area contributed by atoms with E-state index in [1.165, 1.54) is 19.3 Å². The summed E-state index contributed by atoms with van der Waals surface area (Å²) in [7, 11) is 0. The second kappa shape index (κ2) is 6.38. The number of carbonyl (C=O) groups is 1. The molecule has 0 saturated heterocycles. The van der Waals surface area contributed by atoms with Crippen molar-refractivity contribution < 1.29 is 4.79 Å². The molecule has 1 rings (SSSR count). The van der Waals surface area contributed by atoms with Crippen LogP contribution in [0, 0.1) is 5.92 Å². The summed E-state index contributed by atoms with van der Waals surface area (Å²) in [5.74, 6) is 0.817. The highest BCUT2D eigenvalue weighted by Gasteiger charge is 2.18. The summed E-state index contributed by atoms with van der Waals surface area (Å²) in [6, 6.07) is 0. The zero-order valence-corrected chi connectivity index (χ0v) is 8.02. The highest BCUT2D eigenvalue weighted by atomic mass is 16.1. The van der Waals surface area contributed by atoms with Crippen molar-refractivity contribution in [3.63, 3.8) is 0 Å². The van der Waals surface area contributed by atoms with Gasteiger partial charge in [-0.15, -0.1) is 0 Å². The molecule has 0 aliphatic heterocycles. The monoisotopic (exact) mass is 156 g/mol. The van der Waals surface area contributed by atoms with E-state index >= 15 is 0 Å². The van der Waals surface area contributed by atoms with Crippen LogP contribution in [0.1, 0.15) is 52.9 Å². The Bertz CT molecular complexity index is 101. The highest BCUT2D eigenvalue weighted by molar-refractivity contribution is 5.78. The molecule has 1 aliphatic carbocycles. The zero-order valence-electron chi connectivity index (χ0n) is 8.02. The summed E-state index contributed by atoms with van der Waals surface area (Å²) in [5, 5.41) is 0. The molecule has 1 heteroatoms. The summed E-state index contributed by atoms with van der Waals surface area (Å²) in [6.07, 6.45) is 6.08. The first-order chi connectivity index (χ1) is 5.22. The summed E-state index contributed by atoms with van der Waals surface area (Å²) in [5.41, 5.74) is 0. The Morgan fingerprint density at radius 1 is 1.27 bits per heavy atom. The molecule has 11 heavy (non-hydrogen) atoms. The van der Waals surface area contributed by atoms with Gasteiger partial charge in [0.2, 0.25) is 0 Å². The Morgan fingerprint density at radius 2 is 1.64 bits per heavy atom. The minimum atomic E-state index is 0.391. The van der Waals surface area contributed by atoms with Crippen LogP contribution in [0.2, 0.25) is 0 Å². The molecule has 1 fully saturated rings. The van der Waals surface area contributed by atoms with E-state index in [-0.39, 0.29) is 0 Å². The van der Waals surface area contributed by atoms with Crippen LogP contribution in [0.5, 0.6) is 0 Å². The second-order valence-corrected chi connectivity index (χ2v) is 3.30. The first kappa shape index (κ1) is 10.7. The molecule has 0 heterocycles. The van der Waals surface area contributed by atoms with Gasteiger partial charge in [0.1, 0.15) is 5.78 Å². The van der Waals surface area contributed by atoms with Gasteiger partial charge in [0, 0.05) is 5.92 Å². The summed E-state index contributed by atoms with van der Waals surface area (Å²) in [6.45, 7) is 5.95. The number of hydrogen-bond acceptors (Lipinski definition) is 1. The number of hydrogen-bond donors (Lipinski definition) is 0. The number of carbonyl (C=O) groups excluding carboxylic acids is 1. The lowest BCUT2D eigenvalue weighted by molar-refractivity contribution is -0.120. The molecule has 0 amide bonds.